The lowest BCUT2D eigenvalue weighted by molar-refractivity contribution is 0.0195. The standard InChI is InChI=1S/C13H28N2O/c1-4-15(11-12(2)3)9-10-16-13-5-7-14-8-6-13/h12-14H,4-11H2,1-3H3. The average Bonchev–Trinajstić information content (AvgIpc) is 2.28. The van der Waals surface area contributed by atoms with Gasteiger partial charge in [-0.3, -0.25) is 0 Å². The van der Waals surface area contributed by atoms with Crippen molar-refractivity contribution in [3.63, 3.8) is 0 Å². The summed E-state index contributed by atoms with van der Waals surface area (Å²) in [5.74, 6) is 0.749. The fourth-order valence-corrected chi connectivity index (χ4v) is 2.21. The first-order valence-corrected chi connectivity index (χ1v) is 6.77. The van der Waals surface area contributed by atoms with Gasteiger partial charge in [-0.05, 0) is 38.4 Å². The Hall–Kier alpha value is -0.120. The van der Waals surface area contributed by atoms with Crippen LogP contribution in [0.1, 0.15) is 33.6 Å². The van der Waals surface area contributed by atoms with E-state index in [0.717, 1.165) is 38.7 Å². The molecular weight excluding hydrogens is 200 g/mol. The Labute approximate surface area is 101 Å². The molecule has 1 aliphatic rings. The molecule has 0 aromatic carbocycles. The van der Waals surface area contributed by atoms with Crippen LogP contribution in [0.4, 0.5) is 0 Å². The lowest BCUT2D eigenvalue weighted by atomic mass is 10.1. The topological polar surface area (TPSA) is 24.5 Å². The molecule has 0 bridgehead atoms. The molecule has 0 spiro atoms. The van der Waals surface area contributed by atoms with Crippen molar-refractivity contribution in [1.29, 1.82) is 0 Å². The molecule has 3 heteroatoms. The van der Waals surface area contributed by atoms with E-state index in [1.165, 1.54) is 19.4 Å². The Balaban J connectivity index is 2.07. The summed E-state index contributed by atoms with van der Waals surface area (Å²) < 4.78 is 5.92. The van der Waals surface area contributed by atoms with Gasteiger partial charge in [-0.15, -0.1) is 0 Å². The highest BCUT2D eigenvalue weighted by molar-refractivity contribution is 4.68. The third-order valence-electron chi connectivity index (χ3n) is 3.12. The number of ether oxygens (including phenoxy) is 1. The van der Waals surface area contributed by atoms with E-state index in [-0.39, 0.29) is 0 Å². The molecule has 0 radical (unpaired) electrons. The van der Waals surface area contributed by atoms with Gasteiger partial charge in [0.1, 0.15) is 0 Å². The van der Waals surface area contributed by atoms with Crippen molar-refractivity contribution >= 4 is 0 Å². The van der Waals surface area contributed by atoms with Crippen molar-refractivity contribution in [2.24, 2.45) is 5.92 Å². The van der Waals surface area contributed by atoms with E-state index in [0.29, 0.717) is 6.10 Å². The third-order valence-corrected chi connectivity index (χ3v) is 3.12. The van der Waals surface area contributed by atoms with E-state index in [1.54, 1.807) is 0 Å². The number of nitrogens with one attached hydrogen (secondary N) is 1. The summed E-state index contributed by atoms with van der Waals surface area (Å²) in [6.45, 7) is 13.3. The van der Waals surface area contributed by atoms with Gasteiger partial charge in [0.15, 0.2) is 0 Å². The van der Waals surface area contributed by atoms with Crippen LogP contribution in [0.25, 0.3) is 0 Å². The van der Waals surface area contributed by atoms with Gasteiger partial charge in [-0.25, -0.2) is 0 Å². The van der Waals surface area contributed by atoms with Crippen LogP contribution >= 0.6 is 0 Å². The van der Waals surface area contributed by atoms with Crippen LogP contribution in [0.15, 0.2) is 0 Å². The number of nitrogens with zero attached hydrogens (tertiary/aromatic N) is 1. The van der Waals surface area contributed by atoms with E-state index in [4.69, 9.17) is 4.74 Å². The molecule has 1 saturated heterocycles. The van der Waals surface area contributed by atoms with Crippen molar-refractivity contribution in [3.8, 4) is 0 Å². The molecule has 1 fully saturated rings. The van der Waals surface area contributed by atoms with E-state index < -0.39 is 0 Å². The van der Waals surface area contributed by atoms with Gasteiger partial charge in [-0.1, -0.05) is 20.8 Å². The summed E-state index contributed by atoms with van der Waals surface area (Å²) >= 11 is 0. The van der Waals surface area contributed by atoms with Crippen molar-refractivity contribution < 1.29 is 4.74 Å². The number of hydrogen-bond donors (Lipinski definition) is 1. The van der Waals surface area contributed by atoms with Crippen molar-refractivity contribution in [2.75, 3.05) is 39.3 Å². The van der Waals surface area contributed by atoms with Crippen LogP contribution in [-0.2, 0) is 4.74 Å². The first-order chi connectivity index (χ1) is 7.72. The van der Waals surface area contributed by atoms with Crippen LogP contribution in [0, 0.1) is 5.92 Å². The first kappa shape index (κ1) is 13.9. The fourth-order valence-electron chi connectivity index (χ4n) is 2.21. The average molecular weight is 228 g/mol. The maximum absolute atomic E-state index is 5.92. The van der Waals surface area contributed by atoms with Gasteiger partial charge in [0.2, 0.25) is 0 Å². The van der Waals surface area contributed by atoms with Crippen LogP contribution in [0.5, 0.6) is 0 Å². The van der Waals surface area contributed by atoms with E-state index in [2.05, 4.69) is 31.0 Å². The number of piperidine rings is 1. The predicted octanol–water partition coefficient (Wildman–Crippen LogP) is 1.73. The second-order valence-electron chi connectivity index (χ2n) is 5.11. The zero-order valence-corrected chi connectivity index (χ0v) is 11.2. The summed E-state index contributed by atoms with van der Waals surface area (Å²) in [7, 11) is 0. The number of rotatable bonds is 7. The molecule has 0 amide bonds. The minimum absolute atomic E-state index is 0.499. The lowest BCUT2D eigenvalue weighted by Crippen LogP contribution is -2.35. The number of hydrogen-bond acceptors (Lipinski definition) is 3. The van der Waals surface area contributed by atoms with E-state index >= 15 is 0 Å². The smallest absolute Gasteiger partial charge is 0.0600 e. The van der Waals surface area contributed by atoms with Gasteiger partial charge >= 0.3 is 0 Å². The largest absolute Gasteiger partial charge is 0.377 e. The maximum Gasteiger partial charge on any atom is 0.0600 e. The quantitative estimate of drug-likeness (QED) is 0.718. The second-order valence-corrected chi connectivity index (χ2v) is 5.11. The molecule has 0 aromatic heterocycles. The Kier molecular flexibility index (Phi) is 7.01. The Morgan fingerprint density at radius 1 is 1.31 bits per heavy atom. The van der Waals surface area contributed by atoms with Gasteiger partial charge < -0.3 is 15.0 Å². The molecular formula is C13H28N2O. The summed E-state index contributed by atoms with van der Waals surface area (Å²) in [4.78, 5) is 2.48. The summed E-state index contributed by atoms with van der Waals surface area (Å²) in [6, 6.07) is 0. The van der Waals surface area contributed by atoms with Crippen molar-refractivity contribution in [1.82, 2.24) is 10.2 Å². The molecule has 16 heavy (non-hydrogen) atoms. The summed E-state index contributed by atoms with van der Waals surface area (Å²) in [5, 5.41) is 3.36. The molecule has 1 rings (SSSR count). The van der Waals surface area contributed by atoms with Gasteiger partial charge in [0.05, 0.1) is 12.7 Å². The summed E-state index contributed by atoms with van der Waals surface area (Å²) in [6.07, 6.45) is 2.85. The first-order valence-electron chi connectivity index (χ1n) is 6.77. The Bertz CT molecular complexity index is 167. The minimum Gasteiger partial charge on any atom is -0.377 e. The van der Waals surface area contributed by atoms with Crippen LogP contribution in [-0.4, -0.2) is 50.3 Å². The highest BCUT2D eigenvalue weighted by Gasteiger charge is 2.13. The lowest BCUT2D eigenvalue weighted by Gasteiger charge is -2.26. The molecule has 0 aliphatic carbocycles. The number of likely N-dealkylation sites (N-methyl/N-ethyl adjacent to an activating group) is 1. The molecule has 1 aliphatic heterocycles. The second kappa shape index (κ2) is 8.04. The zero-order chi connectivity index (χ0) is 11.8. The van der Waals surface area contributed by atoms with Gasteiger partial charge in [-0.2, -0.15) is 0 Å². The van der Waals surface area contributed by atoms with Crippen molar-refractivity contribution in [3.05, 3.63) is 0 Å². The molecule has 96 valence electrons. The van der Waals surface area contributed by atoms with E-state index in [9.17, 15) is 0 Å². The van der Waals surface area contributed by atoms with Crippen LogP contribution < -0.4 is 5.32 Å². The third kappa shape index (κ3) is 5.83. The maximum atomic E-state index is 5.92. The van der Waals surface area contributed by atoms with Crippen LogP contribution in [0.2, 0.25) is 0 Å². The Morgan fingerprint density at radius 3 is 2.56 bits per heavy atom. The van der Waals surface area contributed by atoms with Gasteiger partial charge in [0.25, 0.3) is 0 Å². The van der Waals surface area contributed by atoms with Crippen LogP contribution in [0.3, 0.4) is 0 Å². The van der Waals surface area contributed by atoms with Crippen molar-refractivity contribution in [2.45, 2.75) is 39.7 Å². The molecule has 1 heterocycles. The normalized spacial score (nSPS) is 18.6. The zero-order valence-electron chi connectivity index (χ0n) is 11.2. The molecule has 0 atom stereocenters. The van der Waals surface area contributed by atoms with Gasteiger partial charge in [0, 0.05) is 13.1 Å². The highest BCUT2D eigenvalue weighted by atomic mass is 16.5. The minimum atomic E-state index is 0.499. The van der Waals surface area contributed by atoms with E-state index in [1.807, 2.05) is 0 Å². The molecule has 3 nitrogen and oxygen atoms in total. The summed E-state index contributed by atoms with van der Waals surface area (Å²) in [5.41, 5.74) is 0. The fraction of sp³-hybridized carbons (Fsp3) is 1.00. The molecule has 0 saturated carbocycles. The predicted molar refractivity (Wildman–Crippen MR) is 68.8 cm³/mol. The molecule has 0 unspecified atom stereocenters. The molecule has 0 aromatic rings. The highest BCUT2D eigenvalue weighted by Crippen LogP contribution is 2.07. The molecule has 1 N–H and O–H groups in total. The monoisotopic (exact) mass is 228 g/mol. The Morgan fingerprint density at radius 2 is 2.00 bits per heavy atom. The SMILES string of the molecule is CCN(CCOC1CCNCC1)CC(C)C.